The lowest BCUT2D eigenvalue weighted by molar-refractivity contribution is -0.0677. The number of hydrogen-bond donors (Lipinski definition) is 1. The maximum absolute atomic E-state index is 6.82. The van der Waals surface area contributed by atoms with Gasteiger partial charge >= 0.3 is 0 Å². The van der Waals surface area contributed by atoms with Gasteiger partial charge in [-0.15, -0.1) is 0 Å². The van der Waals surface area contributed by atoms with Crippen molar-refractivity contribution in [2.45, 2.75) is 64.3 Å². The molecule has 0 saturated heterocycles. The van der Waals surface area contributed by atoms with Gasteiger partial charge in [0.25, 0.3) is 0 Å². The molecule has 0 aromatic heterocycles. The van der Waals surface area contributed by atoms with E-state index >= 15 is 0 Å². The fourth-order valence-corrected chi connectivity index (χ4v) is 6.00. The van der Waals surface area contributed by atoms with E-state index in [1.54, 1.807) is 0 Å². The number of benzene rings is 1. The first-order chi connectivity index (χ1) is 10.1. The standard InChI is InChI=1S/C20H29N/c1-13(2)17-3-5-18(6-4-17)19(21)20-10-14-7-15(11-20)9-16(8-14)12-20/h3-6,13-16,19H,7-12,21H2,1-2H3. The largest absolute Gasteiger partial charge is 0.323 e. The molecule has 0 heterocycles. The van der Waals surface area contributed by atoms with E-state index in [9.17, 15) is 0 Å². The molecule has 1 atom stereocenters. The second-order valence-electron chi connectivity index (χ2n) is 8.58. The van der Waals surface area contributed by atoms with Gasteiger partial charge in [-0.3, -0.25) is 0 Å². The SMILES string of the molecule is CC(C)c1ccc(C(N)C23CC4CC(CC(C4)C2)C3)cc1. The summed E-state index contributed by atoms with van der Waals surface area (Å²) < 4.78 is 0. The van der Waals surface area contributed by atoms with Crippen LogP contribution in [0.4, 0.5) is 0 Å². The second kappa shape index (κ2) is 4.84. The molecule has 4 saturated carbocycles. The van der Waals surface area contributed by atoms with E-state index in [1.165, 1.54) is 49.7 Å². The predicted octanol–water partition coefficient (Wildman–Crippen LogP) is 5.03. The maximum atomic E-state index is 6.82. The van der Waals surface area contributed by atoms with Gasteiger partial charge in [0.05, 0.1) is 0 Å². The van der Waals surface area contributed by atoms with E-state index in [0.717, 1.165) is 17.8 Å². The highest BCUT2D eigenvalue weighted by molar-refractivity contribution is 5.29. The Morgan fingerprint density at radius 1 is 0.857 bits per heavy atom. The van der Waals surface area contributed by atoms with Gasteiger partial charge in [-0.1, -0.05) is 38.1 Å². The van der Waals surface area contributed by atoms with E-state index in [2.05, 4.69) is 38.1 Å². The van der Waals surface area contributed by atoms with E-state index in [1.807, 2.05) is 0 Å². The number of nitrogens with two attached hydrogens (primary N) is 1. The molecule has 0 amide bonds. The molecule has 1 unspecified atom stereocenters. The normalized spacial score (nSPS) is 39.0. The zero-order chi connectivity index (χ0) is 14.6. The highest BCUT2D eigenvalue weighted by Crippen LogP contribution is 2.63. The zero-order valence-electron chi connectivity index (χ0n) is 13.5. The lowest BCUT2D eigenvalue weighted by atomic mass is 9.47. The minimum Gasteiger partial charge on any atom is -0.323 e. The molecule has 0 spiro atoms. The summed E-state index contributed by atoms with van der Waals surface area (Å²) in [5, 5.41) is 0. The van der Waals surface area contributed by atoms with Crippen LogP contribution in [0.5, 0.6) is 0 Å². The van der Waals surface area contributed by atoms with Crippen molar-refractivity contribution in [3.05, 3.63) is 35.4 Å². The Balaban J connectivity index is 1.60. The van der Waals surface area contributed by atoms with Gasteiger partial charge in [-0.05, 0) is 78.7 Å². The van der Waals surface area contributed by atoms with Gasteiger partial charge < -0.3 is 5.73 Å². The Kier molecular flexibility index (Phi) is 3.19. The van der Waals surface area contributed by atoms with Crippen molar-refractivity contribution in [1.82, 2.24) is 0 Å². The highest BCUT2D eigenvalue weighted by Gasteiger charge is 2.53. The van der Waals surface area contributed by atoms with Crippen LogP contribution in [-0.4, -0.2) is 0 Å². The number of hydrogen-bond acceptors (Lipinski definition) is 1. The highest BCUT2D eigenvalue weighted by atomic mass is 14.7. The van der Waals surface area contributed by atoms with E-state index in [0.29, 0.717) is 11.3 Å². The fourth-order valence-electron chi connectivity index (χ4n) is 6.00. The summed E-state index contributed by atoms with van der Waals surface area (Å²) in [6, 6.07) is 9.45. The van der Waals surface area contributed by atoms with Crippen LogP contribution in [0.25, 0.3) is 0 Å². The fraction of sp³-hybridized carbons (Fsp3) is 0.700. The Hall–Kier alpha value is -0.820. The van der Waals surface area contributed by atoms with E-state index < -0.39 is 0 Å². The van der Waals surface area contributed by atoms with Crippen LogP contribution in [0.3, 0.4) is 0 Å². The summed E-state index contributed by atoms with van der Waals surface area (Å²) in [5.74, 6) is 3.56. The first-order valence-corrected chi connectivity index (χ1v) is 8.91. The van der Waals surface area contributed by atoms with Crippen LogP contribution < -0.4 is 5.73 Å². The summed E-state index contributed by atoms with van der Waals surface area (Å²) in [6.45, 7) is 4.52. The lowest BCUT2D eigenvalue weighted by Crippen LogP contribution is -2.50. The molecule has 4 fully saturated rings. The van der Waals surface area contributed by atoms with Crippen LogP contribution in [0.1, 0.15) is 75.5 Å². The molecule has 1 aromatic rings. The molecule has 21 heavy (non-hydrogen) atoms. The average Bonchev–Trinajstić information content (AvgIpc) is 2.45. The Morgan fingerprint density at radius 2 is 1.29 bits per heavy atom. The van der Waals surface area contributed by atoms with Gasteiger partial charge in [0.15, 0.2) is 0 Å². The summed E-state index contributed by atoms with van der Waals surface area (Å²) in [6.07, 6.45) is 8.68. The first-order valence-electron chi connectivity index (χ1n) is 8.91. The molecule has 1 nitrogen and oxygen atoms in total. The van der Waals surface area contributed by atoms with Crippen molar-refractivity contribution in [3.8, 4) is 0 Å². The van der Waals surface area contributed by atoms with Gasteiger partial charge in [0.2, 0.25) is 0 Å². The Labute approximate surface area is 129 Å². The van der Waals surface area contributed by atoms with Crippen LogP contribution in [-0.2, 0) is 0 Å². The molecule has 1 aromatic carbocycles. The summed E-state index contributed by atoms with van der Waals surface area (Å²) >= 11 is 0. The minimum atomic E-state index is 0.257. The monoisotopic (exact) mass is 283 g/mol. The van der Waals surface area contributed by atoms with Crippen LogP contribution in [0.15, 0.2) is 24.3 Å². The van der Waals surface area contributed by atoms with Crippen molar-refractivity contribution < 1.29 is 0 Å². The summed E-state index contributed by atoms with van der Waals surface area (Å²) in [4.78, 5) is 0. The molecule has 0 aliphatic heterocycles. The van der Waals surface area contributed by atoms with E-state index in [-0.39, 0.29) is 6.04 Å². The van der Waals surface area contributed by atoms with Crippen molar-refractivity contribution in [2.24, 2.45) is 28.9 Å². The van der Waals surface area contributed by atoms with Crippen molar-refractivity contribution in [3.63, 3.8) is 0 Å². The predicted molar refractivity (Wildman–Crippen MR) is 88.1 cm³/mol. The van der Waals surface area contributed by atoms with Crippen molar-refractivity contribution in [2.75, 3.05) is 0 Å². The molecular weight excluding hydrogens is 254 g/mol. The van der Waals surface area contributed by atoms with Crippen LogP contribution in [0.2, 0.25) is 0 Å². The van der Waals surface area contributed by atoms with Gasteiger partial charge in [0, 0.05) is 6.04 Å². The third kappa shape index (κ3) is 2.25. The Bertz CT molecular complexity index is 478. The second-order valence-corrected chi connectivity index (χ2v) is 8.58. The maximum Gasteiger partial charge on any atom is 0.0352 e. The molecule has 1 heteroatoms. The quantitative estimate of drug-likeness (QED) is 0.827. The smallest absolute Gasteiger partial charge is 0.0352 e. The van der Waals surface area contributed by atoms with E-state index in [4.69, 9.17) is 5.73 Å². The molecule has 114 valence electrons. The first kappa shape index (κ1) is 13.8. The van der Waals surface area contributed by atoms with Crippen LogP contribution in [0, 0.1) is 23.2 Å². The van der Waals surface area contributed by atoms with Gasteiger partial charge in [-0.25, -0.2) is 0 Å². The molecular formula is C20H29N. The molecule has 4 aliphatic carbocycles. The average molecular weight is 283 g/mol. The topological polar surface area (TPSA) is 26.0 Å². The molecule has 4 bridgehead atoms. The summed E-state index contributed by atoms with van der Waals surface area (Å²) in [7, 11) is 0. The number of rotatable bonds is 3. The summed E-state index contributed by atoms with van der Waals surface area (Å²) in [5.41, 5.74) is 10.0. The lowest BCUT2D eigenvalue weighted by Gasteiger charge is -2.59. The third-order valence-corrected chi connectivity index (χ3v) is 6.71. The van der Waals surface area contributed by atoms with Crippen LogP contribution >= 0.6 is 0 Å². The zero-order valence-corrected chi connectivity index (χ0v) is 13.5. The Morgan fingerprint density at radius 3 is 1.71 bits per heavy atom. The van der Waals surface area contributed by atoms with Crippen molar-refractivity contribution in [1.29, 1.82) is 0 Å². The molecule has 4 aliphatic rings. The molecule has 2 N–H and O–H groups in total. The third-order valence-electron chi connectivity index (χ3n) is 6.71. The van der Waals surface area contributed by atoms with Gasteiger partial charge in [-0.2, -0.15) is 0 Å². The minimum absolute atomic E-state index is 0.257. The molecule has 0 radical (unpaired) electrons. The van der Waals surface area contributed by atoms with Gasteiger partial charge in [0.1, 0.15) is 0 Å². The molecule has 5 rings (SSSR count). The van der Waals surface area contributed by atoms with Crippen molar-refractivity contribution >= 4 is 0 Å².